The standard InChI is InChI=1S/C14H14N4OS2/c1-7-8(2)17-18-14-10(7)11(15)12(21-14)13(19)16-5-9-3-4-20-6-9/h3-4,6H,5,15H2,1-2H3,(H,16,19). The van der Waals surface area contributed by atoms with E-state index in [0.29, 0.717) is 21.9 Å². The van der Waals surface area contributed by atoms with Gasteiger partial charge in [-0.25, -0.2) is 0 Å². The van der Waals surface area contributed by atoms with Gasteiger partial charge in [0.1, 0.15) is 9.71 Å². The number of nitrogens with two attached hydrogens (primary N) is 1. The number of nitrogens with one attached hydrogen (secondary N) is 1. The van der Waals surface area contributed by atoms with Gasteiger partial charge < -0.3 is 11.1 Å². The van der Waals surface area contributed by atoms with Crippen molar-refractivity contribution in [3.63, 3.8) is 0 Å². The SMILES string of the molecule is Cc1nnc2sc(C(=O)NCc3ccsc3)c(N)c2c1C. The third-order valence-corrected chi connectivity index (χ3v) is 5.20. The third-order valence-electron chi connectivity index (χ3n) is 3.37. The zero-order chi connectivity index (χ0) is 15.0. The van der Waals surface area contributed by atoms with Gasteiger partial charge in [-0.1, -0.05) is 0 Å². The Morgan fingerprint density at radius 3 is 2.90 bits per heavy atom. The van der Waals surface area contributed by atoms with Crippen molar-refractivity contribution in [2.24, 2.45) is 0 Å². The third kappa shape index (κ3) is 2.50. The van der Waals surface area contributed by atoms with Gasteiger partial charge in [-0.15, -0.1) is 16.4 Å². The lowest BCUT2D eigenvalue weighted by atomic mass is 10.1. The molecule has 0 atom stereocenters. The second kappa shape index (κ2) is 5.42. The molecule has 0 aliphatic heterocycles. The van der Waals surface area contributed by atoms with Gasteiger partial charge in [0.25, 0.3) is 5.91 Å². The Bertz CT molecular complexity index is 808. The molecule has 0 saturated carbocycles. The van der Waals surface area contributed by atoms with Crippen LogP contribution in [0.3, 0.4) is 0 Å². The van der Waals surface area contributed by atoms with E-state index in [0.717, 1.165) is 22.2 Å². The zero-order valence-corrected chi connectivity index (χ0v) is 13.3. The van der Waals surface area contributed by atoms with Crippen molar-refractivity contribution in [1.29, 1.82) is 0 Å². The minimum Gasteiger partial charge on any atom is -0.397 e. The van der Waals surface area contributed by atoms with Gasteiger partial charge in [0.05, 0.1) is 11.4 Å². The molecule has 3 N–H and O–H groups in total. The first kappa shape index (κ1) is 14.0. The largest absolute Gasteiger partial charge is 0.397 e. The van der Waals surface area contributed by atoms with Gasteiger partial charge in [0.15, 0.2) is 0 Å². The number of amides is 1. The molecule has 1 amide bonds. The molecule has 21 heavy (non-hydrogen) atoms. The summed E-state index contributed by atoms with van der Waals surface area (Å²) in [6.07, 6.45) is 0. The lowest BCUT2D eigenvalue weighted by Gasteiger charge is -2.03. The Morgan fingerprint density at radius 1 is 1.38 bits per heavy atom. The fourth-order valence-electron chi connectivity index (χ4n) is 2.07. The second-order valence-corrected chi connectivity index (χ2v) is 6.53. The van der Waals surface area contributed by atoms with Crippen LogP contribution in [0.4, 0.5) is 5.69 Å². The number of hydrogen-bond donors (Lipinski definition) is 2. The highest BCUT2D eigenvalue weighted by Crippen LogP contribution is 2.34. The molecule has 0 bridgehead atoms. The number of thiophene rings is 2. The molecule has 0 aliphatic carbocycles. The molecule has 0 unspecified atom stereocenters. The number of rotatable bonds is 3. The normalized spacial score (nSPS) is 11.0. The maximum atomic E-state index is 12.3. The van der Waals surface area contributed by atoms with E-state index in [4.69, 9.17) is 5.73 Å². The van der Waals surface area contributed by atoms with E-state index in [1.807, 2.05) is 30.7 Å². The quantitative estimate of drug-likeness (QED) is 0.778. The maximum Gasteiger partial charge on any atom is 0.263 e. The van der Waals surface area contributed by atoms with Crippen LogP contribution in [0.5, 0.6) is 0 Å². The number of nitrogen functional groups attached to an aromatic ring is 1. The molecule has 3 aromatic rings. The van der Waals surface area contributed by atoms with Gasteiger partial charge in [0, 0.05) is 11.9 Å². The number of carbonyl (C=O) groups is 1. The molecule has 0 saturated heterocycles. The van der Waals surface area contributed by atoms with Gasteiger partial charge >= 0.3 is 0 Å². The summed E-state index contributed by atoms with van der Waals surface area (Å²) in [7, 11) is 0. The van der Waals surface area contributed by atoms with Crippen LogP contribution in [0.25, 0.3) is 10.2 Å². The minimum atomic E-state index is -0.168. The summed E-state index contributed by atoms with van der Waals surface area (Å²) in [5.74, 6) is -0.168. The van der Waals surface area contributed by atoms with Crippen LogP contribution >= 0.6 is 22.7 Å². The van der Waals surface area contributed by atoms with E-state index >= 15 is 0 Å². The number of aromatic nitrogens is 2. The highest BCUT2D eigenvalue weighted by molar-refractivity contribution is 7.21. The number of fused-ring (bicyclic) bond motifs is 1. The predicted molar refractivity (Wildman–Crippen MR) is 86.8 cm³/mol. The highest BCUT2D eigenvalue weighted by atomic mass is 32.1. The Balaban J connectivity index is 1.91. The summed E-state index contributed by atoms with van der Waals surface area (Å²) < 4.78 is 0. The average Bonchev–Trinajstić information content (AvgIpc) is 3.09. The molecular formula is C14H14N4OS2. The van der Waals surface area contributed by atoms with Crippen molar-refractivity contribution in [2.75, 3.05) is 5.73 Å². The molecule has 0 aliphatic rings. The van der Waals surface area contributed by atoms with E-state index in [2.05, 4.69) is 15.5 Å². The lowest BCUT2D eigenvalue weighted by Crippen LogP contribution is -2.22. The Hall–Kier alpha value is -1.99. The van der Waals surface area contributed by atoms with Gasteiger partial charge in [-0.2, -0.15) is 16.4 Å². The van der Waals surface area contributed by atoms with E-state index in [-0.39, 0.29) is 5.91 Å². The molecule has 5 nitrogen and oxygen atoms in total. The summed E-state index contributed by atoms with van der Waals surface area (Å²) in [5, 5.41) is 15.9. The second-order valence-electron chi connectivity index (χ2n) is 4.75. The van der Waals surface area contributed by atoms with Crippen LogP contribution in [0.2, 0.25) is 0 Å². The lowest BCUT2D eigenvalue weighted by molar-refractivity contribution is 0.0956. The molecule has 7 heteroatoms. The molecule has 0 fully saturated rings. The van der Waals surface area contributed by atoms with Gasteiger partial charge in [-0.05, 0) is 41.8 Å². The molecule has 0 radical (unpaired) electrons. The monoisotopic (exact) mass is 318 g/mol. The van der Waals surface area contributed by atoms with Crippen LogP contribution in [0.15, 0.2) is 16.8 Å². The van der Waals surface area contributed by atoms with Crippen molar-refractivity contribution in [3.8, 4) is 0 Å². The number of hydrogen-bond acceptors (Lipinski definition) is 6. The summed E-state index contributed by atoms with van der Waals surface area (Å²) in [6, 6.07) is 1.98. The van der Waals surface area contributed by atoms with E-state index in [9.17, 15) is 4.79 Å². The van der Waals surface area contributed by atoms with Crippen molar-refractivity contribution >= 4 is 44.5 Å². The first-order chi connectivity index (χ1) is 10.1. The van der Waals surface area contributed by atoms with Gasteiger partial charge in [-0.3, -0.25) is 4.79 Å². The molecular weight excluding hydrogens is 304 g/mol. The fourth-order valence-corrected chi connectivity index (χ4v) is 3.75. The summed E-state index contributed by atoms with van der Waals surface area (Å²) in [4.78, 5) is 13.5. The number of anilines is 1. The Labute approximate surface area is 129 Å². The zero-order valence-electron chi connectivity index (χ0n) is 11.6. The number of nitrogens with zero attached hydrogens (tertiary/aromatic N) is 2. The smallest absolute Gasteiger partial charge is 0.263 e. The first-order valence-corrected chi connectivity index (χ1v) is 8.15. The topological polar surface area (TPSA) is 80.9 Å². The number of aryl methyl sites for hydroxylation is 2. The minimum absolute atomic E-state index is 0.168. The van der Waals surface area contributed by atoms with Crippen molar-refractivity contribution in [2.45, 2.75) is 20.4 Å². The average molecular weight is 318 g/mol. The van der Waals surface area contributed by atoms with Crippen LogP contribution in [0, 0.1) is 13.8 Å². The van der Waals surface area contributed by atoms with Crippen LogP contribution in [-0.4, -0.2) is 16.1 Å². The molecule has 3 rings (SSSR count). The van der Waals surface area contributed by atoms with Crippen molar-refractivity contribution < 1.29 is 4.79 Å². The molecule has 3 aromatic heterocycles. The molecule has 3 heterocycles. The van der Waals surface area contributed by atoms with Crippen LogP contribution in [-0.2, 0) is 6.54 Å². The Morgan fingerprint density at radius 2 is 2.19 bits per heavy atom. The van der Waals surface area contributed by atoms with E-state index in [1.54, 1.807) is 11.3 Å². The van der Waals surface area contributed by atoms with Crippen molar-refractivity contribution in [1.82, 2.24) is 15.5 Å². The summed E-state index contributed by atoms with van der Waals surface area (Å²) in [5.41, 5.74) is 9.53. The summed E-state index contributed by atoms with van der Waals surface area (Å²) in [6.45, 7) is 4.33. The molecule has 108 valence electrons. The Kier molecular flexibility index (Phi) is 3.60. The van der Waals surface area contributed by atoms with Gasteiger partial charge in [0.2, 0.25) is 0 Å². The highest BCUT2D eigenvalue weighted by Gasteiger charge is 2.19. The first-order valence-electron chi connectivity index (χ1n) is 6.39. The van der Waals surface area contributed by atoms with E-state index in [1.165, 1.54) is 11.3 Å². The van der Waals surface area contributed by atoms with Crippen molar-refractivity contribution in [3.05, 3.63) is 38.5 Å². The number of carbonyl (C=O) groups excluding carboxylic acids is 1. The predicted octanol–water partition coefficient (Wildman–Crippen LogP) is 2.88. The van der Waals surface area contributed by atoms with Crippen LogP contribution in [0.1, 0.15) is 26.5 Å². The fraction of sp³-hybridized carbons (Fsp3) is 0.214. The van der Waals surface area contributed by atoms with E-state index < -0.39 is 0 Å². The maximum absolute atomic E-state index is 12.3. The molecule has 0 aromatic carbocycles. The molecule has 0 spiro atoms. The summed E-state index contributed by atoms with van der Waals surface area (Å²) >= 11 is 2.89. The van der Waals surface area contributed by atoms with Crippen LogP contribution < -0.4 is 11.1 Å².